The SMILES string of the molecule is N#Cc1ccc(NC2CN(C(=O)O)CC2c2cccc(OC(F)(F)F)c2)c2cccnc12. The van der Waals surface area contributed by atoms with Crippen LogP contribution in [0, 0.1) is 11.3 Å². The second-order valence-electron chi connectivity index (χ2n) is 7.34. The van der Waals surface area contributed by atoms with E-state index in [0.29, 0.717) is 27.7 Å². The number of likely N-dealkylation sites (tertiary alicyclic amines) is 1. The van der Waals surface area contributed by atoms with Gasteiger partial charge in [-0.3, -0.25) is 4.98 Å². The van der Waals surface area contributed by atoms with Crippen molar-refractivity contribution in [3.8, 4) is 11.8 Å². The van der Waals surface area contributed by atoms with Crippen LogP contribution in [0.3, 0.4) is 0 Å². The third kappa shape index (κ3) is 4.37. The van der Waals surface area contributed by atoms with E-state index >= 15 is 0 Å². The van der Waals surface area contributed by atoms with E-state index in [-0.39, 0.29) is 18.8 Å². The molecule has 2 N–H and O–H groups in total. The largest absolute Gasteiger partial charge is 0.573 e. The summed E-state index contributed by atoms with van der Waals surface area (Å²) in [7, 11) is 0. The van der Waals surface area contributed by atoms with Crippen molar-refractivity contribution in [2.75, 3.05) is 18.4 Å². The molecule has 0 aliphatic carbocycles. The summed E-state index contributed by atoms with van der Waals surface area (Å²) in [6.07, 6.45) is -4.37. The molecule has 1 saturated heterocycles. The first kappa shape index (κ1) is 21.2. The fraction of sp³-hybridized carbons (Fsp3) is 0.227. The zero-order chi connectivity index (χ0) is 22.9. The lowest BCUT2D eigenvalue weighted by Gasteiger charge is -2.22. The number of alkyl halides is 3. The third-order valence-corrected chi connectivity index (χ3v) is 5.34. The molecule has 32 heavy (non-hydrogen) atoms. The monoisotopic (exact) mass is 442 g/mol. The number of nitrogens with one attached hydrogen (secondary N) is 1. The number of carbonyl (C=O) groups is 1. The van der Waals surface area contributed by atoms with Crippen LogP contribution < -0.4 is 10.1 Å². The molecular formula is C22H17F3N4O3. The minimum atomic E-state index is -4.83. The second-order valence-corrected chi connectivity index (χ2v) is 7.34. The molecule has 7 nitrogen and oxygen atoms in total. The van der Waals surface area contributed by atoms with Crippen molar-refractivity contribution in [3.63, 3.8) is 0 Å². The van der Waals surface area contributed by atoms with Crippen molar-refractivity contribution in [1.29, 1.82) is 5.26 Å². The van der Waals surface area contributed by atoms with Crippen LogP contribution in [-0.2, 0) is 0 Å². The zero-order valence-corrected chi connectivity index (χ0v) is 16.5. The predicted octanol–water partition coefficient (Wildman–Crippen LogP) is 4.56. The molecule has 1 fully saturated rings. The Balaban J connectivity index is 1.69. The van der Waals surface area contributed by atoms with Crippen LogP contribution in [-0.4, -0.2) is 46.6 Å². The molecule has 3 aromatic rings. The van der Waals surface area contributed by atoms with Crippen molar-refractivity contribution < 1.29 is 27.8 Å². The van der Waals surface area contributed by atoms with Gasteiger partial charge in [-0.1, -0.05) is 12.1 Å². The van der Waals surface area contributed by atoms with E-state index in [1.807, 2.05) is 0 Å². The maximum Gasteiger partial charge on any atom is 0.573 e. The Morgan fingerprint density at radius 1 is 1.22 bits per heavy atom. The van der Waals surface area contributed by atoms with Gasteiger partial charge in [-0.25, -0.2) is 4.79 Å². The molecule has 0 radical (unpaired) electrons. The molecule has 2 aromatic carbocycles. The number of hydrogen-bond acceptors (Lipinski definition) is 5. The third-order valence-electron chi connectivity index (χ3n) is 5.34. The Morgan fingerprint density at radius 3 is 2.75 bits per heavy atom. The fourth-order valence-corrected chi connectivity index (χ4v) is 3.97. The molecule has 4 rings (SSSR count). The molecule has 1 amide bonds. The molecule has 164 valence electrons. The van der Waals surface area contributed by atoms with Gasteiger partial charge in [0, 0.05) is 36.3 Å². The maximum atomic E-state index is 12.6. The first-order valence-corrected chi connectivity index (χ1v) is 9.63. The van der Waals surface area contributed by atoms with E-state index in [1.165, 1.54) is 23.1 Å². The van der Waals surface area contributed by atoms with E-state index in [2.05, 4.69) is 21.1 Å². The molecule has 2 atom stereocenters. The van der Waals surface area contributed by atoms with E-state index in [9.17, 15) is 28.3 Å². The summed E-state index contributed by atoms with van der Waals surface area (Å²) in [6, 6.07) is 14.1. The number of nitrogens with zero attached hydrogens (tertiary/aromatic N) is 3. The number of halogens is 3. The highest BCUT2D eigenvalue weighted by atomic mass is 19.4. The van der Waals surface area contributed by atoms with Gasteiger partial charge in [0.05, 0.1) is 17.1 Å². The summed E-state index contributed by atoms with van der Waals surface area (Å²) in [4.78, 5) is 17.1. The van der Waals surface area contributed by atoms with Crippen molar-refractivity contribution in [2.24, 2.45) is 0 Å². The molecule has 0 spiro atoms. The van der Waals surface area contributed by atoms with E-state index in [1.54, 1.807) is 36.5 Å². The van der Waals surface area contributed by atoms with Gasteiger partial charge in [0.1, 0.15) is 11.8 Å². The maximum absolute atomic E-state index is 12.6. The smallest absolute Gasteiger partial charge is 0.465 e. The van der Waals surface area contributed by atoms with Gasteiger partial charge in [0.15, 0.2) is 0 Å². The molecule has 1 aromatic heterocycles. The molecule has 1 aliphatic rings. The molecule has 0 bridgehead atoms. The summed E-state index contributed by atoms with van der Waals surface area (Å²) >= 11 is 0. The average molecular weight is 442 g/mol. The van der Waals surface area contributed by atoms with E-state index in [4.69, 9.17) is 0 Å². The quantitative estimate of drug-likeness (QED) is 0.615. The topological polar surface area (TPSA) is 98.5 Å². The van der Waals surface area contributed by atoms with Gasteiger partial charge in [0.2, 0.25) is 0 Å². The van der Waals surface area contributed by atoms with Crippen molar-refractivity contribution in [1.82, 2.24) is 9.88 Å². The molecule has 10 heteroatoms. The first-order valence-electron chi connectivity index (χ1n) is 9.63. The predicted molar refractivity (Wildman–Crippen MR) is 109 cm³/mol. The number of anilines is 1. The number of benzene rings is 2. The molecule has 0 saturated carbocycles. The first-order chi connectivity index (χ1) is 15.2. The molecule has 1 aliphatic heterocycles. The van der Waals surface area contributed by atoms with Crippen molar-refractivity contribution in [3.05, 3.63) is 65.9 Å². The van der Waals surface area contributed by atoms with Crippen LogP contribution in [0.5, 0.6) is 5.75 Å². The van der Waals surface area contributed by atoms with Crippen LogP contribution in [0.1, 0.15) is 17.0 Å². The highest BCUT2D eigenvalue weighted by molar-refractivity contribution is 5.94. The summed E-state index contributed by atoms with van der Waals surface area (Å²) in [5.41, 5.74) is 2.07. The normalized spacial score (nSPS) is 18.4. The van der Waals surface area contributed by atoms with Crippen molar-refractivity contribution >= 4 is 22.7 Å². The lowest BCUT2D eigenvalue weighted by Crippen LogP contribution is -2.30. The summed E-state index contributed by atoms with van der Waals surface area (Å²) in [6.45, 7) is 0.237. The lowest BCUT2D eigenvalue weighted by molar-refractivity contribution is -0.274. The Bertz CT molecular complexity index is 1210. The zero-order valence-electron chi connectivity index (χ0n) is 16.5. The lowest BCUT2D eigenvalue weighted by atomic mass is 9.93. The molecular weight excluding hydrogens is 425 g/mol. The van der Waals surface area contributed by atoms with Crippen LogP contribution in [0.2, 0.25) is 0 Å². The Hall–Kier alpha value is -4.00. The Labute approximate surface area is 180 Å². The standard InChI is InChI=1S/C22H17F3N4O3/c23-22(24,25)32-15-4-1-3-13(9-15)17-11-29(21(30)31)12-19(17)28-18-7-6-14(10-26)20-16(18)5-2-8-27-20/h1-9,17,19,28H,11-12H2,(H,30,31). The number of hydrogen-bond donors (Lipinski definition) is 2. The number of nitriles is 1. The number of aromatic nitrogens is 1. The highest BCUT2D eigenvalue weighted by Gasteiger charge is 2.37. The number of carboxylic acid groups (broad SMARTS) is 1. The van der Waals surface area contributed by atoms with Crippen LogP contribution >= 0.6 is 0 Å². The summed E-state index contributed by atoms with van der Waals surface area (Å²) < 4.78 is 42.0. The minimum Gasteiger partial charge on any atom is -0.465 e. The molecule has 2 unspecified atom stereocenters. The number of ether oxygens (including phenoxy) is 1. The fourth-order valence-electron chi connectivity index (χ4n) is 3.97. The van der Waals surface area contributed by atoms with Gasteiger partial charge in [-0.2, -0.15) is 5.26 Å². The Kier molecular flexibility index (Phi) is 5.48. The van der Waals surface area contributed by atoms with Crippen LogP contribution in [0.4, 0.5) is 23.7 Å². The van der Waals surface area contributed by atoms with Gasteiger partial charge in [0.25, 0.3) is 0 Å². The second kappa shape index (κ2) is 8.26. The van der Waals surface area contributed by atoms with E-state index in [0.717, 1.165) is 0 Å². The highest BCUT2D eigenvalue weighted by Crippen LogP contribution is 2.35. The minimum absolute atomic E-state index is 0.106. The van der Waals surface area contributed by atoms with Gasteiger partial charge < -0.3 is 20.1 Å². The van der Waals surface area contributed by atoms with Gasteiger partial charge >= 0.3 is 12.5 Å². The average Bonchev–Trinajstić information content (AvgIpc) is 3.17. The van der Waals surface area contributed by atoms with Crippen molar-refractivity contribution in [2.45, 2.75) is 18.3 Å². The number of fused-ring (bicyclic) bond motifs is 1. The van der Waals surface area contributed by atoms with Gasteiger partial charge in [-0.15, -0.1) is 13.2 Å². The summed E-state index contributed by atoms with van der Waals surface area (Å²) in [5.74, 6) is -0.791. The molecule has 2 heterocycles. The Morgan fingerprint density at radius 2 is 2.03 bits per heavy atom. The number of amides is 1. The van der Waals surface area contributed by atoms with Gasteiger partial charge in [-0.05, 0) is 42.0 Å². The number of pyridine rings is 1. The summed E-state index contributed by atoms with van der Waals surface area (Å²) in [5, 5.41) is 22.8. The van der Waals surface area contributed by atoms with E-state index < -0.39 is 24.4 Å². The number of rotatable bonds is 4. The van der Waals surface area contributed by atoms with Crippen LogP contribution in [0.15, 0.2) is 54.7 Å². The van der Waals surface area contributed by atoms with Crippen LogP contribution in [0.25, 0.3) is 10.9 Å².